The summed E-state index contributed by atoms with van der Waals surface area (Å²) in [7, 11) is 0. The quantitative estimate of drug-likeness (QED) is 0.422. The Hall–Kier alpha value is -2.73. The van der Waals surface area contributed by atoms with Crippen molar-refractivity contribution in [3.05, 3.63) is 47.5 Å². The molecule has 4 bridgehead atoms. The van der Waals surface area contributed by atoms with Crippen LogP contribution in [0.2, 0.25) is 0 Å². The van der Waals surface area contributed by atoms with E-state index in [1.54, 1.807) is 0 Å². The normalized spacial score (nSPS) is 27.2. The smallest absolute Gasteiger partial charge is 0.227 e. The van der Waals surface area contributed by atoms with Gasteiger partial charge >= 0.3 is 0 Å². The van der Waals surface area contributed by atoms with E-state index in [4.69, 9.17) is 16.6 Å². The van der Waals surface area contributed by atoms with Crippen molar-refractivity contribution < 1.29 is 9.21 Å². The predicted octanol–water partition coefficient (Wildman–Crippen LogP) is 6.53. The summed E-state index contributed by atoms with van der Waals surface area (Å²) in [6, 6.07) is 12.0. The Labute approximate surface area is 205 Å². The number of thiocarbonyl (C=S) groups is 1. The van der Waals surface area contributed by atoms with Gasteiger partial charge in [0.1, 0.15) is 5.52 Å². The van der Waals surface area contributed by atoms with E-state index in [-0.39, 0.29) is 11.3 Å². The van der Waals surface area contributed by atoms with Crippen LogP contribution in [-0.2, 0) is 4.79 Å². The SMILES string of the molecule is Cc1ccc2oc(-c3ccc(C)c(NC(=S)NC(=O)CC45CC6CC(CC(C6)C4)C5)c3)nc2c1. The van der Waals surface area contributed by atoms with Crippen LogP contribution in [-0.4, -0.2) is 16.0 Å². The predicted molar refractivity (Wildman–Crippen MR) is 139 cm³/mol. The Kier molecular flexibility index (Phi) is 5.25. The first kappa shape index (κ1) is 21.8. The number of hydrogen-bond acceptors (Lipinski definition) is 4. The maximum Gasteiger partial charge on any atom is 0.227 e. The van der Waals surface area contributed by atoms with E-state index in [9.17, 15) is 4.79 Å². The summed E-state index contributed by atoms with van der Waals surface area (Å²) < 4.78 is 5.97. The zero-order valence-corrected chi connectivity index (χ0v) is 20.6. The molecule has 2 N–H and O–H groups in total. The standard InChI is InChI=1S/C28H31N3O2S/c1-16-3-6-24-23(7-16)29-26(33-24)21-5-4-17(2)22(11-21)30-27(34)31-25(32)15-28-12-18-8-19(13-28)10-20(9-18)14-28/h3-7,11,18-20H,8-10,12-15H2,1-2H3,(H2,30,31,32,34). The van der Waals surface area contributed by atoms with Crippen molar-refractivity contribution in [2.75, 3.05) is 5.32 Å². The van der Waals surface area contributed by atoms with Crippen LogP contribution in [0.25, 0.3) is 22.6 Å². The molecule has 0 unspecified atom stereocenters. The largest absolute Gasteiger partial charge is 0.436 e. The number of anilines is 1. The van der Waals surface area contributed by atoms with Crippen LogP contribution in [0.4, 0.5) is 5.69 Å². The first-order valence-electron chi connectivity index (χ1n) is 12.4. The van der Waals surface area contributed by atoms with Crippen molar-refractivity contribution in [1.82, 2.24) is 10.3 Å². The van der Waals surface area contributed by atoms with Crippen LogP contribution in [0, 0.1) is 37.0 Å². The fourth-order valence-corrected chi connectivity index (χ4v) is 7.45. The molecule has 4 aliphatic carbocycles. The molecule has 3 aromatic rings. The summed E-state index contributed by atoms with van der Waals surface area (Å²) in [5.74, 6) is 3.13. The van der Waals surface area contributed by atoms with Crippen LogP contribution >= 0.6 is 12.2 Å². The Morgan fingerprint density at radius 1 is 1.06 bits per heavy atom. The van der Waals surface area contributed by atoms with Gasteiger partial charge in [-0.05, 0) is 123 Å². The summed E-state index contributed by atoms with van der Waals surface area (Å²) in [6.07, 6.45) is 8.41. The van der Waals surface area contributed by atoms with Gasteiger partial charge in [-0.15, -0.1) is 0 Å². The third kappa shape index (κ3) is 4.13. The molecule has 0 spiro atoms. The van der Waals surface area contributed by atoms with Gasteiger partial charge in [0.15, 0.2) is 10.7 Å². The van der Waals surface area contributed by atoms with E-state index in [0.717, 1.165) is 51.2 Å². The number of carbonyl (C=O) groups is 1. The minimum absolute atomic E-state index is 0.0441. The minimum atomic E-state index is 0.0441. The lowest BCUT2D eigenvalue weighted by Crippen LogP contribution is -2.48. The Balaban J connectivity index is 1.13. The van der Waals surface area contributed by atoms with Crippen molar-refractivity contribution in [1.29, 1.82) is 0 Å². The van der Waals surface area contributed by atoms with Crippen molar-refractivity contribution in [2.24, 2.45) is 23.2 Å². The van der Waals surface area contributed by atoms with Crippen molar-refractivity contribution in [3.8, 4) is 11.5 Å². The second-order valence-electron chi connectivity index (χ2n) is 11.1. The topological polar surface area (TPSA) is 67.2 Å². The van der Waals surface area contributed by atoms with Crippen LogP contribution in [0.3, 0.4) is 0 Å². The lowest BCUT2D eigenvalue weighted by molar-refractivity contribution is -0.127. The number of hydrogen-bond donors (Lipinski definition) is 2. The van der Waals surface area contributed by atoms with Crippen LogP contribution in [0.15, 0.2) is 40.8 Å². The van der Waals surface area contributed by atoms with Crippen LogP contribution in [0.1, 0.15) is 56.1 Å². The molecule has 4 aliphatic rings. The molecule has 0 radical (unpaired) electrons. The third-order valence-corrected chi connectivity index (χ3v) is 8.43. The van der Waals surface area contributed by atoms with Crippen molar-refractivity contribution in [3.63, 3.8) is 0 Å². The maximum atomic E-state index is 13.0. The van der Waals surface area contributed by atoms with E-state index < -0.39 is 0 Å². The van der Waals surface area contributed by atoms with E-state index >= 15 is 0 Å². The van der Waals surface area contributed by atoms with E-state index in [1.165, 1.54) is 38.5 Å². The lowest BCUT2D eigenvalue weighted by atomic mass is 9.49. The number of aromatic nitrogens is 1. The highest BCUT2D eigenvalue weighted by molar-refractivity contribution is 7.80. The summed E-state index contributed by atoms with van der Waals surface area (Å²) in [6.45, 7) is 4.06. The number of nitrogens with one attached hydrogen (secondary N) is 2. The molecule has 1 aromatic heterocycles. The van der Waals surface area contributed by atoms with Crippen molar-refractivity contribution in [2.45, 2.75) is 58.8 Å². The first-order chi connectivity index (χ1) is 16.3. The number of carbonyl (C=O) groups excluding carboxylic acids is 1. The molecule has 0 atom stereocenters. The van der Waals surface area contributed by atoms with Gasteiger partial charge in [-0.3, -0.25) is 4.79 Å². The monoisotopic (exact) mass is 473 g/mol. The van der Waals surface area contributed by atoms with Crippen LogP contribution < -0.4 is 10.6 Å². The summed E-state index contributed by atoms with van der Waals surface area (Å²) >= 11 is 5.53. The number of nitrogens with zero attached hydrogens (tertiary/aromatic N) is 1. The second-order valence-corrected chi connectivity index (χ2v) is 11.5. The average molecular weight is 474 g/mol. The van der Waals surface area contributed by atoms with Gasteiger partial charge in [-0.2, -0.15) is 0 Å². The molecule has 4 fully saturated rings. The van der Waals surface area contributed by atoms with E-state index in [2.05, 4.69) is 15.6 Å². The van der Waals surface area contributed by atoms with Gasteiger partial charge in [0.25, 0.3) is 0 Å². The zero-order chi connectivity index (χ0) is 23.4. The molecule has 2 aromatic carbocycles. The van der Waals surface area contributed by atoms with E-state index in [0.29, 0.717) is 17.4 Å². The number of amides is 1. The third-order valence-electron chi connectivity index (χ3n) is 8.23. The molecule has 5 nitrogen and oxygen atoms in total. The van der Waals surface area contributed by atoms with E-state index in [1.807, 2.05) is 50.2 Å². The summed E-state index contributed by atoms with van der Waals surface area (Å²) in [5.41, 5.74) is 5.71. The fraction of sp³-hybridized carbons (Fsp3) is 0.464. The molecular weight excluding hydrogens is 442 g/mol. The number of oxazole rings is 1. The van der Waals surface area contributed by atoms with Gasteiger partial charge in [0.2, 0.25) is 11.8 Å². The van der Waals surface area contributed by atoms with Crippen molar-refractivity contribution >= 4 is 40.0 Å². The molecule has 34 heavy (non-hydrogen) atoms. The summed E-state index contributed by atoms with van der Waals surface area (Å²) in [5, 5.41) is 6.54. The van der Waals surface area contributed by atoms with Gasteiger partial charge < -0.3 is 15.1 Å². The minimum Gasteiger partial charge on any atom is -0.436 e. The zero-order valence-electron chi connectivity index (χ0n) is 19.8. The second kappa shape index (κ2) is 8.19. The molecule has 4 saturated carbocycles. The Bertz CT molecular complexity index is 1260. The Morgan fingerprint density at radius 3 is 2.47 bits per heavy atom. The first-order valence-corrected chi connectivity index (χ1v) is 12.8. The molecule has 1 heterocycles. The van der Waals surface area contributed by atoms with Gasteiger partial charge in [0, 0.05) is 17.7 Å². The molecule has 0 aliphatic heterocycles. The molecule has 7 rings (SSSR count). The maximum absolute atomic E-state index is 13.0. The summed E-state index contributed by atoms with van der Waals surface area (Å²) in [4.78, 5) is 17.6. The van der Waals surface area contributed by atoms with Gasteiger partial charge in [-0.25, -0.2) is 4.98 Å². The molecule has 6 heteroatoms. The molecule has 0 saturated heterocycles. The molecular formula is C28H31N3O2S. The van der Waals surface area contributed by atoms with Gasteiger partial charge in [-0.1, -0.05) is 12.1 Å². The molecule has 1 amide bonds. The highest BCUT2D eigenvalue weighted by Gasteiger charge is 2.51. The number of fused-ring (bicyclic) bond motifs is 1. The average Bonchev–Trinajstić information content (AvgIpc) is 3.17. The number of aryl methyl sites for hydroxylation is 2. The highest BCUT2D eigenvalue weighted by Crippen LogP contribution is 2.61. The number of benzene rings is 2. The Morgan fingerprint density at radius 2 is 1.76 bits per heavy atom. The fourth-order valence-electron chi connectivity index (χ4n) is 7.22. The molecule has 176 valence electrons. The highest BCUT2D eigenvalue weighted by atomic mass is 32.1. The van der Waals surface area contributed by atoms with Gasteiger partial charge in [0.05, 0.1) is 0 Å². The number of rotatable bonds is 4. The van der Waals surface area contributed by atoms with Crippen LogP contribution in [0.5, 0.6) is 0 Å². The lowest BCUT2D eigenvalue weighted by Gasteiger charge is -2.56.